The molecule has 0 aromatic carbocycles. The number of hydrogen-bond donors (Lipinski definition) is 1. The molecule has 6 nitrogen and oxygen atoms in total. The van der Waals surface area contributed by atoms with Crippen molar-refractivity contribution in [2.45, 2.75) is 33.3 Å². The van der Waals surface area contributed by atoms with E-state index in [0.717, 1.165) is 5.69 Å². The Morgan fingerprint density at radius 1 is 1.44 bits per heavy atom. The van der Waals surface area contributed by atoms with E-state index in [1.54, 1.807) is 0 Å². The summed E-state index contributed by atoms with van der Waals surface area (Å²) in [6.07, 6.45) is 0. The summed E-state index contributed by atoms with van der Waals surface area (Å²) < 4.78 is 15.0. The van der Waals surface area contributed by atoms with Crippen LogP contribution in [0.25, 0.3) is 11.5 Å². The summed E-state index contributed by atoms with van der Waals surface area (Å²) in [7, 11) is 0. The van der Waals surface area contributed by atoms with Gasteiger partial charge in [0.05, 0.1) is 11.3 Å². The van der Waals surface area contributed by atoms with Crippen LogP contribution in [0.4, 0.5) is 5.00 Å². The molecule has 98 valence electrons. The molecule has 2 aromatic rings. The molecule has 0 saturated carbocycles. The molecule has 0 aliphatic rings. The van der Waals surface area contributed by atoms with Crippen molar-refractivity contribution in [2.75, 3.05) is 12.3 Å². The molecule has 0 bridgehead atoms. The number of ether oxygens (including phenoxy) is 1. The van der Waals surface area contributed by atoms with Crippen molar-refractivity contribution >= 4 is 16.5 Å². The van der Waals surface area contributed by atoms with Crippen molar-refractivity contribution in [3.63, 3.8) is 0 Å². The smallest absolute Gasteiger partial charge is 0.262 e. The highest BCUT2D eigenvalue weighted by molar-refractivity contribution is 7.10. The number of nitrogen functional groups attached to an aromatic ring is 1. The average molecular weight is 268 g/mol. The van der Waals surface area contributed by atoms with Gasteiger partial charge in [-0.25, -0.2) is 0 Å². The van der Waals surface area contributed by atoms with E-state index >= 15 is 0 Å². The van der Waals surface area contributed by atoms with E-state index in [-0.39, 0.29) is 0 Å². The Morgan fingerprint density at radius 2 is 2.17 bits per heavy atom. The monoisotopic (exact) mass is 268 g/mol. The van der Waals surface area contributed by atoms with Crippen LogP contribution in [0.15, 0.2) is 4.52 Å². The summed E-state index contributed by atoms with van der Waals surface area (Å²) >= 11 is 1.22. The summed E-state index contributed by atoms with van der Waals surface area (Å²) in [5, 5.41) is 4.54. The topological polar surface area (TPSA) is 87.1 Å². The number of nitrogens with two attached hydrogens (primary N) is 1. The van der Waals surface area contributed by atoms with Gasteiger partial charge in [-0.15, -0.1) is 0 Å². The summed E-state index contributed by atoms with van der Waals surface area (Å²) in [4.78, 5) is 4.35. The first-order valence-electron chi connectivity index (χ1n) is 5.66. The van der Waals surface area contributed by atoms with Gasteiger partial charge in [-0.2, -0.15) is 9.36 Å². The van der Waals surface area contributed by atoms with E-state index in [0.29, 0.717) is 28.9 Å². The van der Waals surface area contributed by atoms with Crippen molar-refractivity contribution in [2.24, 2.45) is 0 Å². The van der Waals surface area contributed by atoms with E-state index < -0.39 is 5.60 Å². The molecule has 2 heterocycles. The van der Waals surface area contributed by atoms with Crippen LogP contribution < -0.4 is 5.73 Å². The predicted octanol–water partition coefficient (Wildman–Crippen LogP) is 2.36. The highest BCUT2D eigenvalue weighted by Crippen LogP contribution is 2.32. The molecule has 0 atom stereocenters. The van der Waals surface area contributed by atoms with Crippen molar-refractivity contribution < 1.29 is 9.26 Å². The van der Waals surface area contributed by atoms with Gasteiger partial charge in [-0.3, -0.25) is 0 Å². The molecule has 0 spiro atoms. The first-order chi connectivity index (χ1) is 8.45. The van der Waals surface area contributed by atoms with E-state index in [9.17, 15) is 0 Å². The second kappa shape index (κ2) is 4.66. The normalized spacial score (nSPS) is 12.0. The van der Waals surface area contributed by atoms with Crippen LogP contribution in [-0.2, 0) is 10.3 Å². The van der Waals surface area contributed by atoms with Crippen LogP contribution in [0.3, 0.4) is 0 Å². The Morgan fingerprint density at radius 3 is 2.72 bits per heavy atom. The highest BCUT2D eigenvalue weighted by atomic mass is 32.1. The third-order valence-corrected chi connectivity index (χ3v) is 3.34. The SMILES string of the molecule is CCOC(C)(C)c1noc(-c2c(C)nsc2N)n1. The van der Waals surface area contributed by atoms with Crippen molar-refractivity contribution in [3.8, 4) is 11.5 Å². The number of hydrogen-bond acceptors (Lipinski definition) is 7. The molecule has 2 aromatic heterocycles. The van der Waals surface area contributed by atoms with E-state index in [4.69, 9.17) is 15.0 Å². The highest BCUT2D eigenvalue weighted by Gasteiger charge is 2.28. The summed E-state index contributed by atoms with van der Waals surface area (Å²) in [6.45, 7) is 8.16. The van der Waals surface area contributed by atoms with Gasteiger partial charge in [0, 0.05) is 6.61 Å². The van der Waals surface area contributed by atoms with E-state index in [2.05, 4.69) is 14.5 Å². The van der Waals surface area contributed by atoms with Crippen molar-refractivity contribution in [1.82, 2.24) is 14.5 Å². The molecule has 2 N–H and O–H groups in total. The fraction of sp³-hybridized carbons (Fsp3) is 0.545. The quantitative estimate of drug-likeness (QED) is 0.915. The van der Waals surface area contributed by atoms with Crippen LogP contribution in [-0.4, -0.2) is 21.1 Å². The van der Waals surface area contributed by atoms with E-state index in [1.807, 2.05) is 27.7 Å². The van der Waals surface area contributed by atoms with E-state index in [1.165, 1.54) is 11.5 Å². The third-order valence-electron chi connectivity index (χ3n) is 2.57. The largest absolute Gasteiger partial charge is 0.389 e. The summed E-state index contributed by atoms with van der Waals surface area (Å²) in [5.41, 5.74) is 6.77. The first kappa shape index (κ1) is 13.0. The van der Waals surface area contributed by atoms with Crippen LogP contribution in [0.1, 0.15) is 32.3 Å². The Kier molecular flexibility index (Phi) is 3.36. The van der Waals surface area contributed by atoms with Gasteiger partial charge in [0.1, 0.15) is 10.6 Å². The molecule has 0 aliphatic carbocycles. The lowest BCUT2D eigenvalue weighted by Crippen LogP contribution is -2.23. The Bertz CT molecular complexity index is 527. The van der Waals surface area contributed by atoms with Crippen molar-refractivity contribution in [3.05, 3.63) is 11.5 Å². The molecule has 0 amide bonds. The fourth-order valence-corrected chi connectivity index (χ4v) is 2.30. The second-order valence-corrected chi connectivity index (χ2v) is 5.18. The maximum absolute atomic E-state index is 5.85. The van der Waals surface area contributed by atoms with Gasteiger partial charge >= 0.3 is 0 Å². The molecule has 0 aliphatic heterocycles. The Hall–Kier alpha value is -1.47. The lowest BCUT2D eigenvalue weighted by molar-refractivity contribution is -0.0221. The van der Waals surface area contributed by atoms with Gasteiger partial charge in [0.15, 0.2) is 0 Å². The number of rotatable bonds is 4. The second-order valence-electron chi connectivity index (χ2n) is 4.37. The average Bonchev–Trinajstić information content (AvgIpc) is 2.86. The Labute approximate surface area is 109 Å². The standard InChI is InChI=1S/C11H16N4O2S/c1-5-16-11(3,4)10-13-9(17-14-10)7-6(2)15-18-8(7)12/h5,12H2,1-4H3. The Balaban J connectivity index is 2.37. The molecule has 18 heavy (non-hydrogen) atoms. The predicted molar refractivity (Wildman–Crippen MR) is 69.2 cm³/mol. The van der Waals surface area contributed by atoms with Crippen molar-refractivity contribution in [1.29, 1.82) is 0 Å². The minimum atomic E-state index is -0.581. The van der Waals surface area contributed by atoms with Crippen LogP contribution >= 0.6 is 11.5 Å². The van der Waals surface area contributed by atoms with Crippen LogP contribution in [0.2, 0.25) is 0 Å². The number of aromatic nitrogens is 3. The fourth-order valence-electron chi connectivity index (χ4n) is 1.64. The lowest BCUT2D eigenvalue weighted by atomic mass is 10.1. The minimum absolute atomic E-state index is 0.390. The van der Waals surface area contributed by atoms with Gasteiger partial charge < -0.3 is 15.0 Å². The van der Waals surface area contributed by atoms with Gasteiger partial charge in [0.25, 0.3) is 5.89 Å². The lowest BCUT2D eigenvalue weighted by Gasteiger charge is -2.19. The number of nitrogens with zero attached hydrogens (tertiary/aromatic N) is 3. The number of anilines is 1. The first-order valence-corrected chi connectivity index (χ1v) is 6.43. The van der Waals surface area contributed by atoms with Crippen LogP contribution in [0.5, 0.6) is 0 Å². The zero-order chi connectivity index (χ0) is 13.3. The van der Waals surface area contributed by atoms with Gasteiger partial charge in [-0.1, -0.05) is 5.16 Å². The molecule has 0 radical (unpaired) electrons. The zero-order valence-electron chi connectivity index (χ0n) is 10.9. The van der Waals surface area contributed by atoms with Gasteiger partial charge in [0.2, 0.25) is 5.82 Å². The minimum Gasteiger partial charge on any atom is -0.389 e. The molecular weight excluding hydrogens is 252 g/mol. The van der Waals surface area contributed by atoms with Crippen LogP contribution in [0, 0.1) is 6.92 Å². The molecule has 0 unspecified atom stereocenters. The number of aryl methyl sites for hydroxylation is 1. The molecular formula is C11H16N4O2S. The molecule has 0 saturated heterocycles. The third kappa shape index (κ3) is 2.23. The maximum Gasteiger partial charge on any atom is 0.262 e. The molecule has 0 fully saturated rings. The molecule has 2 rings (SSSR count). The maximum atomic E-state index is 5.85. The summed E-state index contributed by atoms with van der Waals surface area (Å²) in [6, 6.07) is 0. The zero-order valence-corrected chi connectivity index (χ0v) is 11.7. The molecule has 7 heteroatoms. The van der Waals surface area contributed by atoms with Gasteiger partial charge in [-0.05, 0) is 39.2 Å². The summed E-state index contributed by atoms with van der Waals surface area (Å²) in [5.74, 6) is 0.894.